The molecule has 1 aliphatic rings. The highest BCUT2D eigenvalue weighted by Crippen LogP contribution is 2.20. The Morgan fingerprint density at radius 1 is 1.82 bits per heavy atom. The van der Waals surface area contributed by atoms with Crippen LogP contribution < -0.4 is 5.32 Å². The first kappa shape index (κ1) is 8.81. The van der Waals surface area contributed by atoms with Crippen molar-refractivity contribution in [3.05, 3.63) is 0 Å². The smallest absolute Gasteiger partial charge is 0.238 e. The van der Waals surface area contributed by atoms with E-state index in [0.29, 0.717) is 6.61 Å². The number of carbonyl (C=O) groups is 1. The summed E-state index contributed by atoms with van der Waals surface area (Å²) in [6.07, 6.45) is 0.890. The van der Waals surface area contributed by atoms with Gasteiger partial charge in [0, 0.05) is 19.6 Å². The van der Waals surface area contributed by atoms with Gasteiger partial charge in [0.1, 0.15) is 5.38 Å². The lowest BCUT2D eigenvalue weighted by Gasteiger charge is -2.12. The van der Waals surface area contributed by atoms with Crippen molar-refractivity contribution in [2.45, 2.75) is 11.8 Å². The topological polar surface area (TPSA) is 38.3 Å². The summed E-state index contributed by atoms with van der Waals surface area (Å²) in [5, 5.41) is 2.09. The molecule has 64 valence electrons. The molecule has 2 atom stereocenters. The summed E-state index contributed by atoms with van der Waals surface area (Å²) in [5.74, 6) is 0.0822. The van der Waals surface area contributed by atoms with Crippen LogP contribution in [0.1, 0.15) is 6.42 Å². The zero-order valence-corrected chi connectivity index (χ0v) is 7.23. The molecule has 4 heteroatoms. The quantitative estimate of drug-likeness (QED) is 0.620. The van der Waals surface area contributed by atoms with E-state index in [-0.39, 0.29) is 11.8 Å². The number of ether oxygens (including phenoxy) is 1. The molecule has 11 heavy (non-hydrogen) atoms. The van der Waals surface area contributed by atoms with Gasteiger partial charge in [-0.3, -0.25) is 4.79 Å². The van der Waals surface area contributed by atoms with Gasteiger partial charge in [0.25, 0.3) is 0 Å². The number of hydrogen-bond acceptors (Lipinski definition) is 2. The molecule has 0 radical (unpaired) electrons. The van der Waals surface area contributed by atoms with E-state index in [1.807, 2.05) is 0 Å². The van der Waals surface area contributed by atoms with Crippen LogP contribution in [0.4, 0.5) is 0 Å². The summed E-state index contributed by atoms with van der Waals surface area (Å²) in [6.45, 7) is 1.34. The van der Waals surface area contributed by atoms with Gasteiger partial charge in [-0.15, -0.1) is 11.6 Å². The third kappa shape index (κ3) is 2.07. The predicted molar refractivity (Wildman–Crippen MR) is 42.6 cm³/mol. The van der Waals surface area contributed by atoms with E-state index in [2.05, 4.69) is 5.32 Å². The zero-order valence-electron chi connectivity index (χ0n) is 6.47. The van der Waals surface area contributed by atoms with Crippen LogP contribution in [0.15, 0.2) is 0 Å². The summed E-state index contributed by atoms with van der Waals surface area (Å²) < 4.78 is 5.11. The van der Waals surface area contributed by atoms with Crippen molar-refractivity contribution in [3.63, 3.8) is 0 Å². The second-order valence-electron chi connectivity index (χ2n) is 2.64. The van der Waals surface area contributed by atoms with Gasteiger partial charge in [0.05, 0.1) is 6.61 Å². The molecule has 1 heterocycles. The van der Waals surface area contributed by atoms with E-state index in [1.54, 1.807) is 7.05 Å². The minimum Gasteiger partial charge on any atom is -0.381 e. The molecular weight excluding hydrogens is 166 g/mol. The predicted octanol–water partition coefficient (Wildman–Crippen LogP) is 0.376. The lowest BCUT2D eigenvalue weighted by Crippen LogP contribution is -2.33. The van der Waals surface area contributed by atoms with Gasteiger partial charge in [0.2, 0.25) is 5.91 Å². The Kier molecular flexibility index (Phi) is 3.15. The number of hydrogen-bond donors (Lipinski definition) is 1. The van der Waals surface area contributed by atoms with Gasteiger partial charge in [-0.1, -0.05) is 0 Å². The van der Waals surface area contributed by atoms with Gasteiger partial charge in [-0.2, -0.15) is 0 Å². The number of halogens is 1. The molecule has 1 N–H and O–H groups in total. The Labute approximate surface area is 71.1 Å². The number of nitrogens with one attached hydrogen (secondary N) is 1. The average Bonchev–Trinajstić information content (AvgIpc) is 2.53. The molecule has 0 aromatic heterocycles. The summed E-state index contributed by atoms with van der Waals surface area (Å²) >= 11 is 5.85. The van der Waals surface area contributed by atoms with E-state index in [0.717, 1.165) is 13.0 Å². The lowest BCUT2D eigenvalue weighted by molar-refractivity contribution is -0.121. The van der Waals surface area contributed by atoms with E-state index in [4.69, 9.17) is 16.3 Å². The first-order chi connectivity index (χ1) is 5.25. The van der Waals surface area contributed by atoms with Crippen LogP contribution in [-0.4, -0.2) is 31.5 Å². The summed E-state index contributed by atoms with van der Waals surface area (Å²) in [7, 11) is 1.59. The van der Waals surface area contributed by atoms with E-state index in [1.165, 1.54) is 0 Å². The van der Waals surface area contributed by atoms with Crippen LogP contribution in [0.3, 0.4) is 0 Å². The minimum absolute atomic E-state index is 0.109. The van der Waals surface area contributed by atoms with Gasteiger partial charge >= 0.3 is 0 Å². The fourth-order valence-electron chi connectivity index (χ4n) is 1.14. The summed E-state index contributed by atoms with van der Waals surface area (Å²) in [6, 6.07) is 0. The van der Waals surface area contributed by atoms with Crippen molar-refractivity contribution < 1.29 is 9.53 Å². The molecular formula is C7H12ClNO2. The van der Waals surface area contributed by atoms with Crippen molar-refractivity contribution in [2.75, 3.05) is 20.3 Å². The van der Waals surface area contributed by atoms with E-state index in [9.17, 15) is 4.79 Å². The fraction of sp³-hybridized carbons (Fsp3) is 0.857. The SMILES string of the molecule is CNC(=O)C(Cl)C1CCOC1. The molecule has 1 aliphatic heterocycles. The average molecular weight is 178 g/mol. The minimum atomic E-state index is -0.428. The Morgan fingerprint density at radius 2 is 2.55 bits per heavy atom. The molecule has 0 aliphatic carbocycles. The Hall–Kier alpha value is -0.280. The van der Waals surface area contributed by atoms with Gasteiger partial charge < -0.3 is 10.1 Å². The second-order valence-corrected chi connectivity index (χ2v) is 3.11. The Bertz CT molecular complexity index is 145. The van der Waals surface area contributed by atoms with Crippen molar-refractivity contribution in [1.82, 2.24) is 5.32 Å². The molecule has 1 rings (SSSR count). The normalized spacial score (nSPS) is 26.5. The van der Waals surface area contributed by atoms with Gasteiger partial charge in [0.15, 0.2) is 0 Å². The second kappa shape index (κ2) is 3.93. The standard InChI is InChI=1S/C7H12ClNO2/c1-9-7(10)6(8)5-2-3-11-4-5/h5-6H,2-4H2,1H3,(H,9,10). The number of amides is 1. The molecule has 3 nitrogen and oxygen atoms in total. The maximum absolute atomic E-state index is 11.0. The van der Waals surface area contributed by atoms with Gasteiger partial charge in [-0.05, 0) is 6.42 Å². The van der Waals surface area contributed by atoms with Gasteiger partial charge in [-0.25, -0.2) is 0 Å². The van der Waals surface area contributed by atoms with Crippen molar-refractivity contribution in [1.29, 1.82) is 0 Å². The van der Waals surface area contributed by atoms with Crippen LogP contribution in [0.5, 0.6) is 0 Å². The molecule has 0 spiro atoms. The van der Waals surface area contributed by atoms with Crippen molar-refractivity contribution in [3.8, 4) is 0 Å². The Balaban J connectivity index is 2.39. The molecule has 1 amide bonds. The largest absolute Gasteiger partial charge is 0.381 e. The highest BCUT2D eigenvalue weighted by molar-refractivity contribution is 6.30. The highest BCUT2D eigenvalue weighted by atomic mass is 35.5. The van der Waals surface area contributed by atoms with Crippen LogP contribution in [0.25, 0.3) is 0 Å². The van der Waals surface area contributed by atoms with E-state index < -0.39 is 5.38 Å². The zero-order chi connectivity index (χ0) is 8.27. The molecule has 0 saturated carbocycles. The van der Waals surface area contributed by atoms with Crippen LogP contribution in [-0.2, 0) is 9.53 Å². The van der Waals surface area contributed by atoms with Crippen LogP contribution in [0.2, 0.25) is 0 Å². The third-order valence-corrected chi connectivity index (χ3v) is 2.43. The van der Waals surface area contributed by atoms with Crippen LogP contribution in [0, 0.1) is 5.92 Å². The number of rotatable bonds is 2. The lowest BCUT2D eigenvalue weighted by atomic mass is 10.0. The maximum atomic E-state index is 11.0. The first-order valence-electron chi connectivity index (χ1n) is 3.69. The summed E-state index contributed by atoms with van der Waals surface area (Å²) in [5.41, 5.74) is 0. The molecule has 0 bridgehead atoms. The first-order valence-corrected chi connectivity index (χ1v) is 4.12. The monoisotopic (exact) mass is 177 g/mol. The van der Waals surface area contributed by atoms with Crippen molar-refractivity contribution in [2.24, 2.45) is 5.92 Å². The molecule has 0 aromatic carbocycles. The Morgan fingerprint density at radius 3 is 3.00 bits per heavy atom. The third-order valence-electron chi connectivity index (χ3n) is 1.88. The maximum Gasteiger partial charge on any atom is 0.238 e. The molecule has 0 aromatic rings. The van der Waals surface area contributed by atoms with E-state index >= 15 is 0 Å². The molecule has 1 saturated heterocycles. The molecule has 1 fully saturated rings. The summed E-state index contributed by atoms with van der Waals surface area (Å²) in [4.78, 5) is 11.0. The molecule has 2 unspecified atom stereocenters. The number of carbonyl (C=O) groups excluding carboxylic acids is 1. The highest BCUT2D eigenvalue weighted by Gasteiger charge is 2.28. The van der Waals surface area contributed by atoms with Crippen LogP contribution >= 0.6 is 11.6 Å². The number of alkyl halides is 1. The van der Waals surface area contributed by atoms with Crippen molar-refractivity contribution >= 4 is 17.5 Å². The fourth-order valence-corrected chi connectivity index (χ4v) is 1.44.